The van der Waals surface area contributed by atoms with Crippen molar-refractivity contribution in [2.24, 2.45) is 11.8 Å². The molecule has 3 fully saturated rings. The summed E-state index contributed by atoms with van der Waals surface area (Å²) < 4.78 is 11.6. The van der Waals surface area contributed by atoms with E-state index >= 15 is 0 Å². The molecule has 1 aliphatic carbocycles. The first-order valence-corrected chi connectivity index (χ1v) is 8.05. The summed E-state index contributed by atoms with van der Waals surface area (Å²) in [4.78, 5) is 12.6. The Balaban J connectivity index is 1.62. The van der Waals surface area contributed by atoms with Crippen molar-refractivity contribution in [3.05, 3.63) is 0 Å². The van der Waals surface area contributed by atoms with Crippen molar-refractivity contribution in [1.29, 1.82) is 0 Å². The van der Waals surface area contributed by atoms with E-state index in [1.807, 2.05) is 0 Å². The minimum Gasteiger partial charge on any atom is -0.381 e. The normalized spacial score (nSPS) is 35.2. The van der Waals surface area contributed by atoms with Crippen molar-refractivity contribution < 1.29 is 14.3 Å². The highest BCUT2D eigenvalue weighted by Gasteiger charge is 2.42. The number of ether oxygens (including phenoxy) is 2. The Morgan fingerprint density at radius 3 is 2.53 bits per heavy atom. The molecule has 2 aliphatic heterocycles. The zero-order valence-electron chi connectivity index (χ0n) is 11.9. The molecule has 0 aromatic carbocycles. The number of rotatable bonds is 2. The molecular weight excluding hydrogens is 240 g/mol. The Labute approximate surface area is 116 Å². The molecular formula is C16H26O3. The van der Waals surface area contributed by atoms with Gasteiger partial charge in [0.05, 0.1) is 12.2 Å². The zero-order valence-corrected chi connectivity index (χ0v) is 11.9. The molecule has 0 amide bonds. The van der Waals surface area contributed by atoms with Gasteiger partial charge in [0.15, 0.2) is 0 Å². The first-order chi connectivity index (χ1) is 9.29. The van der Waals surface area contributed by atoms with Gasteiger partial charge in [-0.15, -0.1) is 0 Å². The lowest BCUT2D eigenvalue weighted by Gasteiger charge is -2.43. The average Bonchev–Trinajstić information content (AvgIpc) is 2.48. The van der Waals surface area contributed by atoms with E-state index in [9.17, 15) is 4.79 Å². The molecule has 0 aromatic rings. The maximum atomic E-state index is 12.6. The Morgan fingerprint density at radius 1 is 0.947 bits per heavy atom. The molecule has 3 heteroatoms. The summed E-state index contributed by atoms with van der Waals surface area (Å²) in [6.07, 6.45) is 10.2. The highest BCUT2D eigenvalue weighted by Crippen LogP contribution is 2.41. The maximum Gasteiger partial charge on any atom is 0.141 e. The van der Waals surface area contributed by atoms with E-state index in [2.05, 4.69) is 0 Å². The number of hydrogen-bond donors (Lipinski definition) is 0. The summed E-state index contributed by atoms with van der Waals surface area (Å²) in [6, 6.07) is 0. The minimum atomic E-state index is 0.0480. The minimum absolute atomic E-state index is 0.0480. The molecule has 2 heterocycles. The summed E-state index contributed by atoms with van der Waals surface area (Å²) in [5.41, 5.74) is 0.0480. The predicted octanol–water partition coefficient (Wildman–Crippen LogP) is 3.11. The fraction of sp³-hybridized carbons (Fsp3) is 0.938. The highest BCUT2D eigenvalue weighted by atomic mass is 16.5. The zero-order chi connectivity index (χ0) is 13.1. The molecule has 3 rings (SSSR count). The van der Waals surface area contributed by atoms with Crippen LogP contribution >= 0.6 is 0 Å². The van der Waals surface area contributed by atoms with Gasteiger partial charge < -0.3 is 9.47 Å². The number of Topliss-reactive ketones (excluding diaryl/α,β-unsaturated/α-hetero) is 1. The van der Waals surface area contributed by atoms with Gasteiger partial charge in [-0.1, -0.05) is 19.3 Å². The molecule has 1 spiro atoms. The van der Waals surface area contributed by atoms with Crippen LogP contribution in [0.2, 0.25) is 0 Å². The van der Waals surface area contributed by atoms with Gasteiger partial charge in [0.1, 0.15) is 5.78 Å². The lowest BCUT2D eigenvalue weighted by molar-refractivity contribution is -0.149. The van der Waals surface area contributed by atoms with E-state index in [1.54, 1.807) is 0 Å². The van der Waals surface area contributed by atoms with Crippen LogP contribution in [0.25, 0.3) is 0 Å². The van der Waals surface area contributed by atoms with Crippen LogP contribution in [0.5, 0.6) is 0 Å². The van der Waals surface area contributed by atoms with Crippen molar-refractivity contribution >= 4 is 5.78 Å². The third-order valence-corrected chi connectivity index (χ3v) is 5.22. The van der Waals surface area contributed by atoms with Gasteiger partial charge in [0.2, 0.25) is 0 Å². The number of hydrogen-bond acceptors (Lipinski definition) is 3. The summed E-state index contributed by atoms with van der Waals surface area (Å²) in [5, 5.41) is 0. The Kier molecular flexibility index (Phi) is 4.23. The largest absolute Gasteiger partial charge is 0.381 e. The van der Waals surface area contributed by atoms with Gasteiger partial charge in [-0.2, -0.15) is 0 Å². The van der Waals surface area contributed by atoms with Crippen LogP contribution in [0.4, 0.5) is 0 Å². The number of ketones is 1. The lowest BCUT2D eigenvalue weighted by atomic mass is 9.73. The van der Waals surface area contributed by atoms with Crippen LogP contribution in [0.3, 0.4) is 0 Å². The van der Waals surface area contributed by atoms with Crippen LogP contribution in [0, 0.1) is 11.8 Å². The standard InChI is InChI=1S/C16H26O3/c17-15(14-5-4-9-18-12-14)13-6-10-19-16(11-13)7-2-1-3-8-16/h13-14H,1-12H2. The first-order valence-electron chi connectivity index (χ1n) is 8.05. The van der Waals surface area contributed by atoms with Gasteiger partial charge in [0, 0.05) is 25.0 Å². The smallest absolute Gasteiger partial charge is 0.141 e. The van der Waals surface area contributed by atoms with Crippen molar-refractivity contribution in [2.75, 3.05) is 19.8 Å². The molecule has 0 bridgehead atoms. The van der Waals surface area contributed by atoms with E-state index in [4.69, 9.17) is 9.47 Å². The fourth-order valence-corrected chi connectivity index (χ4v) is 4.11. The fourth-order valence-electron chi connectivity index (χ4n) is 4.11. The number of carbonyl (C=O) groups is 1. The first kappa shape index (κ1) is 13.6. The second-order valence-electron chi connectivity index (χ2n) is 6.60. The summed E-state index contributed by atoms with van der Waals surface area (Å²) in [5.74, 6) is 0.865. The monoisotopic (exact) mass is 266 g/mol. The van der Waals surface area contributed by atoms with Gasteiger partial charge in [-0.05, 0) is 38.5 Å². The van der Waals surface area contributed by atoms with Crippen LogP contribution < -0.4 is 0 Å². The van der Waals surface area contributed by atoms with Crippen LogP contribution in [-0.2, 0) is 14.3 Å². The van der Waals surface area contributed by atoms with E-state index < -0.39 is 0 Å². The third kappa shape index (κ3) is 3.03. The summed E-state index contributed by atoms with van der Waals surface area (Å²) >= 11 is 0. The molecule has 0 N–H and O–H groups in total. The lowest BCUT2D eigenvalue weighted by Crippen LogP contribution is -2.45. The molecule has 2 saturated heterocycles. The molecule has 3 aliphatic rings. The van der Waals surface area contributed by atoms with Gasteiger partial charge in [-0.25, -0.2) is 0 Å². The molecule has 108 valence electrons. The quantitative estimate of drug-likeness (QED) is 0.770. The summed E-state index contributed by atoms with van der Waals surface area (Å²) in [7, 11) is 0. The van der Waals surface area contributed by atoms with Gasteiger partial charge in [-0.3, -0.25) is 4.79 Å². The summed E-state index contributed by atoms with van der Waals surface area (Å²) in [6.45, 7) is 2.27. The predicted molar refractivity (Wildman–Crippen MR) is 73.0 cm³/mol. The van der Waals surface area contributed by atoms with Crippen LogP contribution in [0.15, 0.2) is 0 Å². The second-order valence-corrected chi connectivity index (χ2v) is 6.60. The van der Waals surface area contributed by atoms with E-state index in [-0.39, 0.29) is 17.4 Å². The molecule has 0 aromatic heterocycles. The van der Waals surface area contributed by atoms with Gasteiger partial charge in [0.25, 0.3) is 0 Å². The second kappa shape index (κ2) is 5.92. The van der Waals surface area contributed by atoms with Crippen molar-refractivity contribution in [3.63, 3.8) is 0 Å². The number of carbonyl (C=O) groups excluding carboxylic acids is 1. The van der Waals surface area contributed by atoms with Crippen molar-refractivity contribution in [2.45, 2.75) is 63.4 Å². The van der Waals surface area contributed by atoms with E-state index in [0.29, 0.717) is 12.4 Å². The molecule has 3 nitrogen and oxygen atoms in total. The molecule has 1 saturated carbocycles. The van der Waals surface area contributed by atoms with Crippen LogP contribution in [0.1, 0.15) is 57.8 Å². The molecule has 0 radical (unpaired) electrons. The Bertz CT molecular complexity index is 308. The van der Waals surface area contributed by atoms with Gasteiger partial charge >= 0.3 is 0 Å². The highest BCUT2D eigenvalue weighted by molar-refractivity contribution is 5.83. The molecule has 2 atom stereocenters. The van der Waals surface area contributed by atoms with E-state index in [1.165, 1.54) is 19.3 Å². The average molecular weight is 266 g/mol. The van der Waals surface area contributed by atoms with E-state index in [0.717, 1.165) is 51.7 Å². The van der Waals surface area contributed by atoms with Crippen LogP contribution in [-0.4, -0.2) is 31.2 Å². The maximum absolute atomic E-state index is 12.6. The van der Waals surface area contributed by atoms with Crippen molar-refractivity contribution in [1.82, 2.24) is 0 Å². The van der Waals surface area contributed by atoms with Crippen molar-refractivity contribution in [3.8, 4) is 0 Å². The Morgan fingerprint density at radius 2 is 1.79 bits per heavy atom. The topological polar surface area (TPSA) is 35.5 Å². The third-order valence-electron chi connectivity index (χ3n) is 5.22. The Hall–Kier alpha value is -0.410. The SMILES string of the molecule is O=C(C1CCCOC1)C1CCOC2(CCCCC2)C1. The molecule has 2 unspecified atom stereocenters. The molecule has 19 heavy (non-hydrogen) atoms.